The lowest BCUT2D eigenvalue weighted by Gasteiger charge is -2.11. The average Bonchev–Trinajstić information content (AvgIpc) is 3.35. The predicted molar refractivity (Wildman–Crippen MR) is 120 cm³/mol. The van der Waals surface area contributed by atoms with Gasteiger partial charge in [-0.2, -0.15) is 0 Å². The summed E-state index contributed by atoms with van der Waals surface area (Å²) in [5, 5.41) is 4.98. The Kier molecular flexibility index (Phi) is 5.95. The number of hydrogen-bond acceptors (Lipinski definition) is 4. The second kappa shape index (κ2) is 8.97. The van der Waals surface area contributed by atoms with E-state index in [0.717, 1.165) is 23.2 Å². The van der Waals surface area contributed by atoms with E-state index in [2.05, 4.69) is 28.1 Å². The normalized spacial score (nSPS) is 10.8. The van der Waals surface area contributed by atoms with E-state index in [0.29, 0.717) is 23.6 Å². The molecule has 4 aromatic rings. The van der Waals surface area contributed by atoms with Crippen LogP contribution in [-0.2, 0) is 17.7 Å². The fourth-order valence-electron chi connectivity index (χ4n) is 3.39. The Morgan fingerprint density at radius 1 is 1.03 bits per heavy atom. The second-order valence-corrected chi connectivity index (χ2v) is 7.79. The fourth-order valence-corrected chi connectivity index (χ4v) is 4.21. The largest absolute Gasteiger partial charge is 0.462 e. The maximum Gasteiger partial charge on any atom is 0.338 e. The second-order valence-electron chi connectivity index (χ2n) is 6.84. The molecule has 4 rings (SSSR count). The lowest BCUT2D eigenvalue weighted by Crippen LogP contribution is -2.18. The summed E-state index contributed by atoms with van der Waals surface area (Å²) in [6.07, 6.45) is 0.842. The third kappa shape index (κ3) is 4.28. The van der Waals surface area contributed by atoms with Crippen LogP contribution in [0.25, 0.3) is 10.2 Å². The first-order chi connectivity index (χ1) is 14.7. The highest BCUT2D eigenvalue weighted by Crippen LogP contribution is 2.26. The van der Waals surface area contributed by atoms with Crippen LogP contribution in [0.15, 0.2) is 72.1 Å². The van der Waals surface area contributed by atoms with Gasteiger partial charge in [0, 0.05) is 12.2 Å². The minimum absolute atomic E-state index is 0.171. The van der Waals surface area contributed by atoms with Crippen molar-refractivity contribution >= 4 is 39.1 Å². The maximum absolute atomic E-state index is 13.0. The SMILES string of the molecule is CCOC(=O)c1ccc(NC(=O)c2cc3sccc3n2CCc2ccccc2)cc1. The van der Waals surface area contributed by atoms with Gasteiger partial charge in [0.15, 0.2) is 0 Å². The molecule has 0 aliphatic heterocycles. The molecule has 0 saturated heterocycles. The Morgan fingerprint density at radius 3 is 2.53 bits per heavy atom. The first kappa shape index (κ1) is 19.9. The molecule has 2 heterocycles. The van der Waals surface area contributed by atoms with E-state index in [1.165, 1.54) is 5.56 Å². The number of nitrogens with zero attached hydrogens (tertiary/aromatic N) is 1. The first-order valence-electron chi connectivity index (χ1n) is 9.85. The summed E-state index contributed by atoms with van der Waals surface area (Å²) >= 11 is 1.63. The van der Waals surface area contributed by atoms with Crippen LogP contribution in [0.1, 0.15) is 33.3 Å². The summed E-state index contributed by atoms with van der Waals surface area (Å²) in [4.78, 5) is 24.8. The molecule has 0 aliphatic carbocycles. The van der Waals surface area contributed by atoms with Gasteiger partial charge in [0.25, 0.3) is 5.91 Å². The van der Waals surface area contributed by atoms with Gasteiger partial charge in [-0.25, -0.2) is 4.79 Å². The molecule has 0 spiro atoms. The molecule has 5 nitrogen and oxygen atoms in total. The zero-order chi connectivity index (χ0) is 20.9. The standard InChI is InChI=1S/C24H22N2O3S/c1-2-29-24(28)18-8-10-19(11-9-18)25-23(27)21-16-22-20(13-15-30-22)26(21)14-12-17-6-4-3-5-7-17/h3-11,13,15-16H,2,12,14H2,1H3,(H,25,27). The van der Waals surface area contributed by atoms with Gasteiger partial charge in [-0.05, 0) is 60.7 Å². The molecule has 6 heteroatoms. The topological polar surface area (TPSA) is 60.3 Å². The summed E-state index contributed by atoms with van der Waals surface area (Å²) in [5.41, 5.74) is 4.02. The number of ether oxygens (including phenoxy) is 1. The van der Waals surface area contributed by atoms with Gasteiger partial charge < -0.3 is 14.6 Å². The van der Waals surface area contributed by atoms with Crippen LogP contribution >= 0.6 is 11.3 Å². The molecule has 0 radical (unpaired) electrons. The van der Waals surface area contributed by atoms with Gasteiger partial charge in [0.2, 0.25) is 0 Å². The van der Waals surface area contributed by atoms with E-state index in [4.69, 9.17) is 4.74 Å². The van der Waals surface area contributed by atoms with Crippen LogP contribution < -0.4 is 5.32 Å². The fraction of sp³-hybridized carbons (Fsp3) is 0.167. The van der Waals surface area contributed by atoms with Gasteiger partial charge in [-0.3, -0.25) is 4.79 Å². The molecule has 2 aromatic carbocycles. The molecule has 1 N–H and O–H groups in total. The Morgan fingerprint density at radius 2 is 1.80 bits per heavy atom. The number of fused-ring (bicyclic) bond motifs is 1. The number of thiophene rings is 1. The third-order valence-corrected chi connectivity index (χ3v) is 5.73. The molecule has 152 valence electrons. The molecule has 1 amide bonds. The Bertz CT molecular complexity index is 1160. The van der Waals surface area contributed by atoms with Crippen molar-refractivity contribution in [2.45, 2.75) is 19.9 Å². The third-order valence-electron chi connectivity index (χ3n) is 4.88. The first-order valence-corrected chi connectivity index (χ1v) is 10.7. The molecule has 0 unspecified atom stereocenters. The van der Waals surface area contributed by atoms with Gasteiger partial charge in [-0.1, -0.05) is 30.3 Å². The van der Waals surface area contributed by atoms with E-state index in [1.807, 2.05) is 29.6 Å². The number of rotatable bonds is 7. The van der Waals surface area contributed by atoms with Crippen molar-refractivity contribution in [1.82, 2.24) is 4.57 Å². The van der Waals surface area contributed by atoms with Crippen LogP contribution in [0.5, 0.6) is 0 Å². The highest BCUT2D eigenvalue weighted by molar-refractivity contribution is 7.17. The van der Waals surface area contributed by atoms with Crippen LogP contribution in [0.2, 0.25) is 0 Å². The summed E-state index contributed by atoms with van der Waals surface area (Å²) < 4.78 is 8.15. The molecule has 0 fully saturated rings. The molecular weight excluding hydrogens is 396 g/mol. The predicted octanol–water partition coefficient (Wildman–Crippen LogP) is 5.37. The zero-order valence-electron chi connectivity index (χ0n) is 16.6. The quantitative estimate of drug-likeness (QED) is 0.410. The van der Waals surface area contributed by atoms with E-state index < -0.39 is 0 Å². The molecule has 30 heavy (non-hydrogen) atoms. The molecular formula is C24H22N2O3S. The van der Waals surface area contributed by atoms with E-state index in [-0.39, 0.29) is 11.9 Å². The zero-order valence-corrected chi connectivity index (χ0v) is 17.4. The molecule has 0 bridgehead atoms. The van der Waals surface area contributed by atoms with Crippen molar-refractivity contribution in [3.8, 4) is 0 Å². The van der Waals surface area contributed by atoms with E-state index >= 15 is 0 Å². The van der Waals surface area contributed by atoms with E-state index in [9.17, 15) is 9.59 Å². The van der Waals surface area contributed by atoms with Gasteiger partial charge in [-0.15, -0.1) is 11.3 Å². The Labute approximate surface area is 178 Å². The molecule has 0 aliphatic rings. The van der Waals surface area contributed by atoms with Crippen LogP contribution in [0, 0.1) is 0 Å². The van der Waals surface area contributed by atoms with Gasteiger partial charge in [0.05, 0.1) is 22.4 Å². The molecule has 2 aromatic heterocycles. The number of benzene rings is 2. The van der Waals surface area contributed by atoms with Crippen LogP contribution in [-0.4, -0.2) is 23.1 Å². The number of carbonyl (C=O) groups is 2. The van der Waals surface area contributed by atoms with Crippen LogP contribution in [0.3, 0.4) is 0 Å². The van der Waals surface area contributed by atoms with Crippen molar-refractivity contribution in [2.75, 3.05) is 11.9 Å². The van der Waals surface area contributed by atoms with E-state index in [1.54, 1.807) is 42.5 Å². The lowest BCUT2D eigenvalue weighted by molar-refractivity contribution is 0.0526. The van der Waals surface area contributed by atoms with Crippen molar-refractivity contribution in [2.24, 2.45) is 0 Å². The minimum Gasteiger partial charge on any atom is -0.462 e. The van der Waals surface area contributed by atoms with Crippen molar-refractivity contribution < 1.29 is 14.3 Å². The summed E-state index contributed by atoms with van der Waals surface area (Å²) in [5.74, 6) is -0.541. The number of nitrogens with one attached hydrogen (secondary N) is 1. The smallest absolute Gasteiger partial charge is 0.338 e. The minimum atomic E-state index is -0.370. The number of amides is 1. The van der Waals surface area contributed by atoms with Crippen molar-refractivity contribution in [1.29, 1.82) is 0 Å². The number of aromatic nitrogens is 1. The number of aryl methyl sites for hydroxylation is 2. The highest BCUT2D eigenvalue weighted by Gasteiger charge is 2.17. The summed E-state index contributed by atoms with van der Waals surface area (Å²) in [7, 11) is 0. The monoisotopic (exact) mass is 418 g/mol. The number of hydrogen-bond donors (Lipinski definition) is 1. The lowest BCUT2D eigenvalue weighted by atomic mass is 10.1. The summed E-state index contributed by atoms with van der Waals surface area (Å²) in [6, 6.07) is 21.0. The number of anilines is 1. The maximum atomic E-state index is 13.0. The summed E-state index contributed by atoms with van der Waals surface area (Å²) in [6.45, 7) is 2.81. The van der Waals surface area contributed by atoms with Crippen LogP contribution in [0.4, 0.5) is 5.69 Å². The number of esters is 1. The van der Waals surface area contributed by atoms with Gasteiger partial charge >= 0.3 is 5.97 Å². The van der Waals surface area contributed by atoms with Gasteiger partial charge in [0.1, 0.15) is 5.69 Å². The average molecular weight is 419 g/mol. The number of carbonyl (C=O) groups excluding carboxylic acids is 2. The van der Waals surface area contributed by atoms with Crippen molar-refractivity contribution in [3.63, 3.8) is 0 Å². The Balaban J connectivity index is 1.53. The Hall–Kier alpha value is -3.38. The van der Waals surface area contributed by atoms with Crippen molar-refractivity contribution in [3.05, 3.63) is 88.9 Å². The highest BCUT2D eigenvalue weighted by atomic mass is 32.1. The molecule has 0 saturated carbocycles. The molecule has 0 atom stereocenters.